The standard InChI is InChI=1S/C61H44/c1-40(2)43-20-11-25-49(36-43)60-55-28-7-9-30-57(55)61(58-31-10-8-29-56(58)60)59-39-45(44-21-12-22-46(37-44)52-32-14-18-41-16-3-5-26-50(41)52)34-35-54(59)48-24-13-23-47(38-48)53-33-15-19-42-17-4-6-27-51(42)53/h3-40H,1-2H3. The van der Waals surface area contributed by atoms with Gasteiger partial charge in [0.25, 0.3) is 0 Å². The van der Waals surface area contributed by atoms with Crippen molar-refractivity contribution in [3.05, 3.63) is 230 Å². The van der Waals surface area contributed by atoms with Crippen LogP contribution in [0.5, 0.6) is 0 Å². The van der Waals surface area contributed by atoms with Crippen molar-refractivity contribution in [2.45, 2.75) is 19.8 Å². The highest BCUT2D eigenvalue weighted by Crippen LogP contribution is 2.48. The van der Waals surface area contributed by atoms with Gasteiger partial charge >= 0.3 is 0 Å². The van der Waals surface area contributed by atoms with Crippen LogP contribution in [0.25, 0.3) is 110 Å². The molecular weight excluding hydrogens is 733 g/mol. The maximum atomic E-state index is 2.45. The fraction of sp³-hybridized carbons (Fsp3) is 0.0492. The van der Waals surface area contributed by atoms with Crippen LogP contribution in [-0.4, -0.2) is 0 Å². The van der Waals surface area contributed by atoms with Crippen LogP contribution in [0, 0.1) is 0 Å². The molecule has 0 nitrogen and oxygen atoms in total. The summed E-state index contributed by atoms with van der Waals surface area (Å²) in [5, 5.41) is 10.0. The molecule has 61 heavy (non-hydrogen) atoms. The Labute approximate surface area is 358 Å². The van der Waals surface area contributed by atoms with Gasteiger partial charge in [-0.3, -0.25) is 0 Å². The van der Waals surface area contributed by atoms with Crippen LogP contribution in [-0.2, 0) is 0 Å². The van der Waals surface area contributed by atoms with E-state index < -0.39 is 0 Å². The first-order valence-electron chi connectivity index (χ1n) is 21.4. The number of hydrogen-bond acceptors (Lipinski definition) is 0. The van der Waals surface area contributed by atoms with Crippen LogP contribution >= 0.6 is 0 Å². The highest BCUT2D eigenvalue weighted by atomic mass is 14.2. The SMILES string of the molecule is CC(C)c1cccc(-c2c3ccccc3c(-c3cc(-c4cccc(-c5cccc6ccccc56)c4)ccc3-c3cccc(-c4cccc5ccccc45)c3)c3ccccc23)c1. The Morgan fingerprint density at radius 2 is 0.656 bits per heavy atom. The van der Waals surface area contributed by atoms with Crippen molar-refractivity contribution < 1.29 is 0 Å². The predicted molar refractivity (Wildman–Crippen MR) is 263 cm³/mol. The lowest BCUT2D eigenvalue weighted by molar-refractivity contribution is 0.867. The van der Waals surface area contributed by atoms with Crippen molar-refractivity contribution in [1.82, 2.24) is 0 Å². The first-order chi connectivity index (χ1) is 30.1. The molecule has 0 saturated heterocycles. The second kappa shape index (κ2) is 15.2. The van der Waals surface area contributed by atoms with E-state index in [1.807, 2.05) is 0 Å². The van der Waals surface area contributed by atoms with Crippen molar-refractivity contribution in [3.63, 3.8) is 0 Å². The van der Waals surface area contributed by atoms with E-state index in [9.17, 15) is 0 Å². The Kier molecular flexibility index (Phi) is 9.13. The van der Waals surface area contributed by atoms with Gasteiger partial charge in [-0.05, 0) is 140 Å². The average molecular weight is 777 g/mol. The minimum atomic E-state index is 0.436. The monoisotopic (exact) mass is 776 g/mol. The highest BCUT2D eigenvalue weighted by molar-refractivity contribution is 6.22. The molecule has 0 radical (unpaired) electrons. The molecule has 0 atom stereocenters. The highest BCUT2D eigenvalue weighted by Gasteiger charge is 2.21. The van der Waals surface area contributed by atoms with E-state index >= 15 is 0 Å². The Morgan fingerprint density at radius 3 is 1.23 bits per heavy atom. The zero-order valence-electron chi connectivity index (χ0n) is 34.4. The van der Waals surface area contributed by atoms with E-state index in [4.69, 9.17) is 0 Å². The largest absolute Gasteiger partial charge is 0.0616 e. The Balaban J connectivity index is 1.18. The summed E-state index contributed by atoms with van der Waals surface area (Å²) < 4.78 is 0. The average Bonchev–Trinajstić information content (AvgIpc) is 3.32. The molecule has 288 valence electrons. The Bertz CT molecular complexity index is 3390. The van der Waals surface area contributed by atoms with Crippen LogP contribution in [0.2, 0.25) is 0 Å². The lowest BCUT2D eigenvalue weighted by Gasteiger charge is -2.21. The third kappa shape index (κ3) is 6.49. The van der Waals surface area contributed by atoms with E-state index in [1.165, 1.54) is 115 Å². The lowest BCUT2D eigenvalue weighted by atomic mass is 9.82. The van der Waals surface area contributed by atoms with Crippen LogP contribution in [0.4, 0.5) is 0 Å². The maximum Gasteiger partial charge on any atom is -0.00199 e. The number of fused-ring (bicyclic) bond motifs is 4. The van der Waals surface area contributed by atoms with Gasteiger partial charge in [0, 0.05) is 0 Å². The van der Waals surface area contributed by atoms with Crippen LogP contribution < -0.4 is 0 Å². The maximum absolute atomic E-state index is 2.45. The molecule has 0 heterocycles. The lowest BCUT2D eigenvalue weighted by Crippen LogP contribution is -1.95. The molecule has 11 rings (SSSR count). The summed E-state index contributed by atoms with van der Waals surface area (Å²) in [4.78, 5) is 0. The molecule has 0 aliphatic carbocycles. The molecule has 0 aliphatic rings. The van der Waals surface area contributed by atoms with Gasteiger partial charge in [-0.15, -0.1) is 0 Å². The number of rotatable bonds is 7. The quantitative estimate of drug-likeness (QED) is 0.141. The predicted octanol–water partition coefficient (Wildman–Crippen LogP) is 17.4. The third-order valence-electron chi connectivity index (χ3n) is 12.6. The summed E-state index contributed by atoms with van der Waals surface area (Å²) in [5.74, 6) is 0.436. The van der Waals surface area contributed by atoms with Gasteiger partial charge in [0.1, 0.15) is 0 Å². The van der Waals surface area contributed by atoms with Gasteiger partial charge in [-0.25, -0.2) is 0 Å². The van der Waals surface area contributed by atoms with Crippen molar-refractivity contribution in [2.24, 2.45) is 0 Å². The van der Waals surface area contributed by atoms with Gasteiger partial charge in [0.2, 0.25) is 0 Å². The summed E-state index contributed by atoms with van der Waals surface area (Å²) in [5.41, 5.74) is 16.1. The Hall–Kier alpha value is -7.54. The molecule has 0 heteroatoms. The van der Waals surface area contributed by atoms with Crippen LogP contribution in [0.1, 0.15) is 25.3 Å². The summed E-state index contributed by atoms with van der Waals surface area (Å²) >= 11 is 0. The molecular formula is C61H44. The zero-order chi connectivity index (χ0) is 40.9. The molecule has 11 aromatic rings. The zero-order valence-corrected chi connectivity index (χ0v) is 34.4. The number of hydrogen-bond donors (Lipinski definition) is 0. The molecule has 11 aromatic carbocycles. The van der Waals surface area contributed by atoms with Gasteiger partial charge in [0.05, 0.1) is 0 Å². The first-order valence-corrected chi connectivity index (χ1v) is 21.4. The third-order valence-corrected chi connectivity index (χ3v) is 12.6. The van der Waals surface area contributed by atoms with Crippen LogP contribution in [0.15, 0.2) is 224 Å². The van der Waals surface area contributed by atoms with E-state index in [0.717, 1.165) is 0 Å². The van der Waals surface area contributed by atoms with Crippen molar-refractivity contribution >= 4 is 43.1 Å². The summed E-state index contributed by atoms with van der Waals surface area (Å²) in [6, 6.07) is 83.2. The molecule has 0 aliphatic heterocycles. The molecule has 0 amide bonds. The summed E-state index contributed by atoms with van der Waals surface area (Å²) in [7, 11) is 0. The fourth-order valence-corrected chi connectivity index (χ4v) is 9.64. The minimum Gasteiger partial charge on any atom is -0.0616 e. The molecule has 0 unspecified atom stereocenters. The van der Waals surface area contributed by atoms with Gasteiger partial charge in [-0.2, -0.15) is 0 Å². The molecule has 0 saturated carbocycles. The fourth-order valence-electron chi connectivity index (χ4n) is 9.64. The van der Waals surface area contributed by atoms with Gasteiger partial charge in [-0.1, -0.05) is 220 Å². The minimum absolute atomic E-state index is 0.436. The van der Waals surface area contributed by atoms with Crippen molar-refractivity contribution in [2.75, 3.05) is 0 Å². The van der Waals surface area contributed by atoms with E-state index in [1.54, 1.807) is 0 Å². The van der Waals surface area contributed by atoms with Crippen molar-refractivity contribution in [3.8, 4) is 66.8 Å². The summed E-state index contributed by atoms with van der Waals surface area (Å²) in [6.07, 6.45) is 0. The first kappa shape index (κ1) is 36.5. The molecule has 0 N–H and O–H groups in total. The smallest absolute Gasteiger partial charge is 0.00199 e. The van der Waals surface area contributed by atoms with Gasteiger partial charge < -0.3 is 0 Å². The van der Waals surface area contributed by atoms with E-state index in [-0.39, 0.29) is 0 Å². The molecule has 0 fully saturated rings. The van der Waals surface area contributed by atoms with Crippen LogP contribution in [0.3, 0.4) is 0 Å². The second-order valence-corrected chi connectivity index (χ2v) is 16.6. The molecule has 0 spiro atoms. The number of benzene rings is 11. The normalized spacial score (nSPS) is 11.6. The summed E-state index contributed by atoms with van der Waals surface area (Å²) in [6.45, 7) is 4.56. The van der Waals surface area contributed by atoms with Crippen molar-refractivity contribution in [1.29, 1.82) is 0 Å². The van der Waals surface area contributed by atoms with E-state index in [0.29, 0.717) is 5.92 Å². The topological polar surface area (TPSA) is 0 Å². The second-order valence-electron chi connectivity index (χ2n) is 16.6. The van der Waals surface area contributed by atoms with Gasteiger partial charge in [0.15, 0.2) is 0 Å². The molecule has 0 aromatic heterocycles. The Morgan fingerprint density at radius 1 is 0.246 bits per heavy atom. The molecule has 0 bridgehead atoms. The van der Waals surface area contributed by atoms with E-state index in [2.05, 4.69) is 238 Å².